The third kappa shape index (κ3) is 1.40. The van der Waals surface area contributed by atoms with E-state index in [9.17, 15) is 0 Å². The Kier molecular flexibility index (Phi) is 2.17. The fraction of sp³-hybridized carbons (Fsp3) is 0.125. The number of fused-ring (bicyclic) bond motifs is 1. The first kappa shape index (κ1) is 8.84. The standard InChI is InChI=1S/C8H6BrClN2O/c1-13-5-2-3-12-6(4-5)11-7(9)8(12)10/h2-4H,1H3. The first-order valence-corrected chi connectivity index (χ1v) is 4.76. The summed E-state index contributed by atoms with van der Waals surface area (Å²) in [5, 5.41) is 0.567. The molecule has 5 heteroatoms. The van der Waals surface area contributed by atoms with Gasteiger partial charge >= 0.3 is 0 Å². The minimum absolute atomic E-state index is 0.567. The van der Waals surface area contributed by atoms with Crippen molar-refractivity contribution in [3.63, 3.8) is 0 Å². The zero-order valence-corrected chi connectivity index (χ0v) is 9.13. The van der Waals surface area contributed by atoms with Gasteiger partial charge in [-0.05, 0) is 22.0 Å². The first-order valence-electron chi connectivity index (χ1n) is 3.59. The molecule has 3 nitrogen and oxygen atoms in total. The Labute approximate surface area is 88.4 Å². The van der Waals surface area contributed by atoms with E-state index in [4.69, 9.17) is 16.3 Å². The molecule has 2 rings (SSSR count). The van der Waals surface area contributed by atoms with Gasteiger partial charge in [0.25, 0.3) is 0 Å². The molecule has 0 fully saturated rings. The SMILES string of the molecule is COc1ccn2c(Cl)c(Br)nc2c1. The van der Waals surface area contributed by atoms with Crippen molar-refractivity contribution in [2.24, 2.45) is 0 Å². The summed E-state index contributed by atoms with van der Waals surface area (Å²) in [7, 11) is 1.62. The van der Waals surface area contributed by atoms with Crippen LogP contribution in [0, 0.1) is 0 Å². The van der Waals surface area contributed by atoms with E-state index < -0.39 is 0 Å². The van der Waals surface area contributed by atoms with Gasteiger partial charge in [-0.2, -0.15) is 0 Å². The number of nitrogens with zero attached hydrogens (tertiary/aromatic N) is 2. The maximum atomic E-state index is 5.95. The average Bonchev–Trinajstić information content (AvgIpc) is 2.42. The van der Waals surface area contributed by atoms with E-state index in [1.54, 1.807) is 11.5 Å². The lowest BCUT2D eigenvalue weighted by atomic mass is 10.4. The fourth-order valence-electron chi connectivity index (χ4n) is 1.09. The number of aromatic nitrogens is 2. The van der Waals surface area contributed by atoms with Crippen LogP contribution in [0.3, 0.4) is 0 Å². The number of methoxy groups -OCH3 is 1. The maximum absolute atomic E-state index is 5.95. The average molecular weight is 262 g/mol. The molecule has 0 spiro atoms. The van der Waals surface area contributed by atoms with E-state index >= 15 is 0 Å². The second kappa shape index (κ2) is 3.20. The molecule has 0 N–H and O–H groups in total. The van der Waals surface area contributed by atoms with Crippen molar-refractivity contribution in [1.82, 2.24) is 9.38 Å². The molecule has 2 aromatic rings. The molecule has 0 unspecified atom stereocenters. The van der Waals surface area contributed by atoms with Gasteiger partial charge in [-0.3, -0.25) is 4.40 Å². The predicted molar refractivity (Wildman–Crippen MR) is 54.5 cm³/mol. The van der Waals surface area contributed by atoms with Gasteiger partial charge in [0, 0.05) is 12.3 Å². The van der Waals surface area contributed by atoms with Crippen molar-refractivity contribution in [3.05, 3.63) is 28.1 Å². The molecule has 0 aliphatic rings. The Morgan fingerprint density at radius 1 is 1.62 bits per heavy atom. The van der Waals surface area contributed by atoms with Crippen LogP contribution in [0.1, 0.15) is 0 Å². The van der Waals surface area contributed by atoms with Gasteiger partial charge in [0.15, 0.2) is 0 Å². The van der Waals surface area contributed by atoms with Gasteiger partial charge in [0.05, 0.1) is 7.11 Å². The molecule has 0 aliphatic heterocycles. The van der Waals surface area contributed by atoms with Gasteiger partial charge in [0.2, 0.25) is 0 Å². The molecule has 0 aliphatic carbocycles. The molecule has 68 valence electrons. The van der Waals surface area contributed by atoms with E-state index in [2.05, 4.69) is 20.9 Å². The summed E-state index contributed by atoms with van der Waals surface area (Å²) in [5.74, 6) is 0.765. The first-order chi connectivity index (χ1) is 6.22. The zero-order chi connectivity index (χ0) is 9.42. The number of hydrogen-bond acceptors (Lipinski definition) is 2. The maximum Gasteiger partial charge on any atom is 0.147 e. The molecule has 0 bridgehead atoms. The van der Waals surface area contributed by atoms with Crippen molar-refractivity contribution >= 4 is 33.2 Å². The third-order valence-corrected chi connectivity index (χ3v) is 2.88. The van der Waals surface area contributed by atoms with Crippen LogP contribution in [0.25, 0.3) is 5.65 Å². The largest absolute Gasteiger partial charge is 0.497 e. The normalized spacial score (nSPS) is 10.7. The van der Waals surface area contributed by atoms with Crippen LogP contribution in [0.5, 0.6) is 5.75 Å². The topological polar surface area (TPSA) is 26.5 Å². The second-order valence-corrected chi connectivity index (χ2v) is 3.60. The number of ether oxygens (including phenoxy) is 1. The van der Waals surface area contributed by atoms with Gasteiger partial charge in [0.1, 0.15) is 21.2 Å². The summed E-state index contributed by atoms with van der Waals surface area (Å²) >= 11 is 9.20. The summed E-state index contributed by atoms with van der Waals surface area (Å²) < 4.78 is 7.47. The summed E-state index contributed by atoms with van der Waals surface area (Å²) in [6, 6.07) is 3.64. The summed E-state index contributed by atoms with van der Waals surface area (Å²) in [5.41, 5.74) is 0.760. The molecule has 0 atom stereocenters. The number of rotatable bonds is 1. The highest BCUT2D eigenvalue weighted by atomic mass is 79.9. The summed E-state index contributed by atoms with van der Waals surface area (Å²) in [6.45, 7) is 0. The monoisotopic (exact) mass is 260 g/mol. The third-order valence-electron chi connectivity index (χ3n) is 1.74. The molecule has 13 heavy (non-hydrogen) atoms. The summed E-state index contributed by atoms with van der Waals surface area (Å²) in [6.07, 6.45) is 1.81. The Hall–Kier alpha value is -0.740. The highest BCUT2D eigenvalue weighted by molar-refractivity contribution is 9.10. The quantitative estimate of drug-likeness (QED) is 0.789. The Bertz CT molecular complexity index is 455. The predicted octanol–water partition coefficient (Wildman–Crippen LogP) is 2.76. The van der Waals surface area contributed by atoms with E-state index in [0.717, 1.165) is 11.4 Å². The lowest BCUT2D eigenvalue weighted by Gasteiger charge is -1.99. The van der Waals surface area contributed by atoms with Gasteiger partial charge in [-0.15, -0.1) is 0 Å². The second-order valence-electron chi connectivity index (χ2n) is 2.49. The number of halogens is 2. The highest BCUT2D eigenvalue weighted by Gasteiger charge is 2.07. The number of pyridine rings is 1. The minimum atomic E-state index is 0.567. The van der Waals surface area contributed by atoms with Crippen LogP contribution in [-0.4, -0.2) is 16.5 Å². The molecule has 2 heterocycles. The van der Waals surface area contributed by atoms with Crippen LogP contribution in [0.15, 0.2) is 22.9 Å². The van der Waals surface area contributed by atoms with E-state index in [1.807, 2.05) is 18.3 Å². The smallest absolute Gasteiger partial charge is 0.147 e. The molecular weight excluding hydrogens is 255 g/mol. The fourth-order valence-corrected chi connectivity index (χ4v) is 1.65. The van der Waals surface area contributed by atoms with Gasteiger partial charge in [-0.1, -0.05) is 11.6 Å². The summed E-state index contributed by atoms with van der Waals surface area (Å²) in [4.78, 5) is 4.19. The number of hydrogen-bond donors (Lipinski definition) is 0. The van der Waals surface area contributed by atoms with E-state index in [1.165, 1.54) is 0 Å². The van der Waals surface area contributed by atoms with Crippen molar-refractivity contribution < 1.29 is 4.74 Å². The van der Waals surface area contributed by atoms with E-state index in [-0.39, 0.29) is 0 Å². The Balaban J connectivity index is 2.73. The van der Waals surface area contributed by atoms with Crippen LogP contribution >= 0.6 is 27.5 Å². The minimum Gasteiger partial charge on any atom is -0.497 e. The molecule has 2 aromatic heterocycles. The lowest BCUT2D eigenvalue weighted by molar-refractivity contribution is 0.414. The Morgan fingerprint density at radius 2 is 2.38 bits per heavy atom. The Morgan fingerprint density at radius 3 is 3.08 bits per heavy atom. The van der Waals surface area contributed by atoms with Crippen molar-refractivity contribution in [2.75, 3.05) is 7.11 Å². The molecule has 0 saturated carbocycles. The molecule has 0 saturated heterocycles. The molecule has 0 amide bonds. The van der Waals surface area contributed by atoms with E-state index in [0.29, 0.717) is 9.76 Å². The lowest BCUT2D eigenvalue weighted by Crippen LogP contribution is -1.87. The van der Waals surface area contributed by atoms with Crippen molar-refractivity contribution in [3.8, 4) is 5.75 Å². The van der Waals surface area contributed by atoms with Crippen molar-refractivity contribution in [1.29, 1.82) is 0 Å². The highest BCUT2D eigenvalue weighted by Crippen LogP contribution is 2.25. The zero-order valence-electron chi connectivity index (χ0n) is 6.79. The van der Waals surface area contributed by atoms with Crippen LogP contribution in [0.2, 0.25) is 5.15 Å². The van der Waals surface area contributed by atoms with Gasteiger partial charge < -0.3 is 4.74 Å². The van der Waals surface area contributed by atoms with Crippen LogP contribution in [0.4, 0.5) is 0 Å². The molecule has 0 aromatic carbocycles. The van der Waals surface area contributed by atoms with Crippen LogP contribution < -0.4 is 4.74 Å². The molecule has 0 radical (unpaired) electrons. The van der Waals surface area contributed by atoms with Crippen molar-refractivity contribution in [2.45, 2.75) is 0 Å². The molecular formula is C8H6BrClN2O. The number of imidazole rings is 1. The van der Waals surface area contributed by atoms with Crippen LogP contribution in [-0.2, 0) is 0 Å². The van der Waals surface area contributed by atoms with Gasteiger partial charge in [-0.25, -0.2) is 4.98 Å².